The molecule has 16 heavy (non-hydrogen) atoms. The summed E-state index contributed by atoms with van der Waals surface area (Å²) in [5.41, 5.74) is 0. The third kappa shape index (κ3) is 2.17. The monoisotopic (exact) mass is 222 g/mol. The first kappa shape index (κ1) is 9.76. The van der Waals surface area contributed by atoms with Crippen molar-refractivity contribution < 1.29 is 10.0 Å². The molecule has 82 valence electrons. The summed E-state index contributed by atoms with van der Waals surface area (Å²) in [6.07, 6.45) is 6.54. The van der Waals surface area contributed by atoms with Gasteiger partial charge in [0, 0.05) is 0 Å². The molecule has 2 heterocycles. The van der Waals surface area contributed by atoms with Crippen molar-refractivity contribution in [1.29, 1.82) is 0 Å². The molecule has 1 N–H and O–H groups in total. The molecule has 0 saturated carbocycles. The molecule has 0 bridgehead atoms. The number of rotatable bonds is 2. The molecular weight excluding hydrogens is 216 g/mol. The Bertz CT molecular complexity index is 473. The first-order valence-electron chi connectivity index (χ1n) is 4.02. The molecule has 0 radical (unpaired) electrons. The number of hydrogen-bond donors (Lipinski definition) is 1. The second-order valence-electron chi connectivity index (χ2n) is 2.41. The van der Waals surface area contributed by atoms with Gasteiger partial charge >= 0.3 is 6.02 Å². The summed E-state index contributed by atoms with van der Waals surface area (Å²) in [7, 11) is 0. The molecule has 0 aliphatic carbocycles. The van der Waals surface area contributed by atoms with Gasteiger partial charge in [0.1, 0.15) is 25.3 Å². The lowest BCUT2D eigenvalue weighted by atomic mass is 11.1. The van der Waals surface area contributed by atoms with Gasteiger partial charge in [-0.05, 0) is 5.16 Å². The van der Waals surface area contributed by atoms with Gasteiger partial charge in [-0.3, -0.25) is 0 Å². The summed E-state index contributed by atoms with van der Waals surface area (Å²) in [6.45, 7) is 0. The molecule has 0 aliphatic heterocycles. The van der Waals surface area contributed by atoms with Crippen LogP contribution in [-0.4, -0.2) is 47.1 Å². The third-order valence-electron chi connectivity index (χ3n) is 1.44. The maximum atomic E-state index is 8.62. The zero-order valence-corrected chi connectivity index (χ0v) is 7.82. The highest BCUT2D eigenvalue weighted by molar-refractivity contribution is 5.74. The van der Waals surface area contributed by atoms with E-state index >= 15 is 0 Å². The lowest BCUT2D eigenvalue weighted by Gasteiger charge is -1.98. The van der Waals surface area contributed by atoms with E-state index in [2.05, 4.69) is 30.5 Å². The highest BCUT2D eigenvalue weighted by Gasteiger charge is 2.04. The van der Waals surface area contributed by atoms with Crippen LogP contribution in [0, 0.1) is 0 Å². The van der Waals surface area contributed by atoms with Gasteiger partial charge in [-0.15, -0.1) is 0 Å². The van der Waals surface area contributed by atoms with E-state index in [9.17, 15) is 0 Å². The fraction of sp³-hybridized carbons (Fsp3) is 0. The van der Waals surface area contributed by atoms with Crippen molar-refractivity contribution in [3.8, 4) is 0 Å². The van der Waals surface area contributed by atoms with Crippen molar-refractivity contribution in [2.24, 2.45) is 10.3 Å². The second kappa shape index (κ2) is 4.63. The maximum Gasteiger partial charge on any atom is 0.380 e. The van der Waals surface area contributed by atoms with Crippen LogP contribution in [-0.2, 0) is 4.84 Å². The van der Waals surface area contributed by atoms with Crippen LogP contribution in [0.2, 0.25) is 0 Å². The third-order valence-corrected chi connectivity index (χ3v) is 1.44. The summed E-state index contributed by atoms with van der Waals surface area (Å²) in [4.78, 5) is 12.1. The van der Waals surface area contributed by atoms with Gasteiger partial charge in [0.15, 0.2) is 6.34 Å². The van der Waals surface area contributed by atoms with E-state index in [1.165, 1.54) is 36.3 Å². The van der Waals surface area contributed by atoms with E-state index in [1.807, 2.05) is 0 Å². The average molecular weight is 222 g/mol. The normalized spacial score (nSPS) is 12.1. The van der Waals surface area contributed by atoms with Gasteiger partial charge in [-0.25, -0.2) is 14.6 Å². The Balaban J connectivity index is 1.99. The van der Waals surface area contributed by atoms with Gasteiger partial charge in [-0.1, -0.05) is 5.16 Å². The van der Waals surface area contributed by atoms with Crippen LogP contribution in [0.3, 0.4) is 0 Å². The van der Waals surface area contributed by atoms with E-state index in [4.69, 9.17) is 10.0 Å². The lowest BCUT2D eigenvalue weighted by Crippen LogP contribution is -2.14. The molecule has 0 aromatic carbocycles. The molecule has 10 heteroatoms. The van der Waals surface area contributed by atoms with Gasteiger partial charge in [-0.2, -0.15) is 14.9 Å². The van der Waals surface area contributed by atoms with Crippen LogP contribution in [0.4, 0.5) is 0 Å². The van der Waals surface area contributed by atoms with Crippen molar-refractivity contribution in [2.75, 3.05) is 0 Å². The number of oxime groups is 2. The Labute approximate surface area is 88.5 Å². The lowest BCUT2D eigenvalue weighted by molar-refractivity contribution is 0.250. The van der Waals surface area contributed by atoms with Gasteiger partial charge in [0.25, 0.3) is 0 Å². The minimum atomic E-state index is -0.242. The van der Waals surface area contributed by atoms with Crippen molar-refractivity contribution in [2.45, 2.75) is 0 Å². The molecule has 0 atom stereocenters. The first-order chi connectivity index (χ1) is 7.90. The molecule has 2 rings (SSSR count). The SMILES string of the molecule is ON=C(ON=Cn1cncn1)n1cncn1. The van der Waals surface area contributed by atoms with E-state index < -0.39 is 0 Å². The van der Waals surface area contributed by atoms with E-state index in [0.29, 0.717) is 0 Å². The van der Waals surface area contributed by atoms with Crippen LogP contribution in [0.15, 0.2) is 35.6 Å². The summed E-state index contributed by atoms with van der Waals surface area (Å²) >= 11 is 0. The minimum Gasteiger partial charge on any atom is -0.406 e. The fourth-order valence-electron chi connectivity index (χ4n) is 0.809. The molecule has 2 aromatic rings. The number of nitrogens with zero attached hydrogens (tertiary/aromatic N) is 8. The zero-order valence-electron chi connectivity index (χ0n) is 7.82. The van der Waals surface area contributed by atoms with Crippen molar-refractivity contribution in [3.63, 3.8) is 0 Å². The highest BCUT2D eigenvalue weighted by Crippen LogP contribution is 1.87. The second-order valence-corrected chi connectivity index (χ2v) is 2.41. The average Bonchev–Trinajstić information content (AvgIpc) is 2.96. The molecule has 0 fully saturated rings. The summed E-state index contributed by atoms with van der Waals surface area (Å²) in [6, 6.07) is -0.242. The standard InChI is InChI=1S/C6H6N8O2/c15-12-6(14-4-8-2-10-14)16-11-5-13-3-7-1-9-13/h1-5,15H. The summed E-state index contributed by atoms with van der Waals surface area (Å²) in [5, 5.41) is 22.4. The van der Waals surface area contributed by atoms with E-state index in [-0.39, 0.29) is 6.02 Å². The van der Waals surface area contributed by atoms with Crippen LogP contribution >= 0.6 is 0 Å². The molecule has 0 aliphatic rings. The van der Waals surface area contributed by atoms with Crippen LogP contribution in [0.1, 0.15) is 0 Å². The largest absolute Gasteiger partial charge is 0.406 e. The van der Waals surface area contributed by atoms with Crippen LogP contribution in [0.5, 0.6) is 0 Å². The molecule has 0 amide bonds. The molecular formula is C6H6N8O2. The Morgan fingerprint density at radius 3 is 2.69 bits per heavy atom. The van der Waals surface area contributed by atoms with Gasteiger partial charge in [0.2, 0.25) is 0 Å². The maximum absolute atomic E-state index is 8.62. The predicted octanol–water partition coefficient (Wildman–Crippen LogP) is -1.03. The van der Waals surface area contributed by atoms with Gasteiger partial charge in [0.05, 0.1) is 0 Å². The van der Waals surface area contributed by atoms with Crippen molar-refractivity contribution in [3.05, 3.63) is 25.3 Å². The molecule has 0 unspecified atom stereocenters. The molecule has 0 spiro atoms. The Kier molecular flexibility index (Phi) is 2.83. The summed E-state index contributed by atoms with van der Waals surface area (Å²) in [5.74, 6) is 0. The minimum absolute atomic E-state index is 0.242. The molecule has 0 saturated heterocycles. The van der Waals surface area contributed by atoms with Crippen LogP contribution < -0.4 is 0 Å². The molecule has 2 aromatic heterocycles. The quantitative estimate of drug-likeness (QED) is 0.300. The van der Waals surface area contributed by atoms with Gasteiger partial charge < -0.3 is 10.0 Å². The zero-order chi connectivity index (χ0) is 11.2. The predicted molar refractivity (Wildman–Crippen MR) is 49.6 cm³/mol. The Hall–Kier alpha value is -2.78. The van der Waals surface area contributed by atoms with E-state index in [0.717, 1.165) is 4.68 Å². The number of aromatic nitrogens is 6. The van der Waals surface area contributed by atoms with Crippen molar-refractivity contribution >= 4 is 12.4 Å². The van der Waals surface area contributed by atoms with Crippen LogP contribution in [0.25, 0.3) is 0 Å². The Morgan fingerprint density at radius 2 is 2.06 bits per heavy atom. The topological polar surface area (TPSA) is 116 Å². The highest BCUT2D eigenvalue weighted by atomic mass is 16.7. The molecule has 10 nitrogen and oxygen atoms in total. The van der Waals surface area contributed by atoms with E-state index in [1.54, 1.807) is 0 Å². The smallest absolute Gasteiger partial charge is 0.380 e. The summed E-state index contributed by atoms with van der Waals surface area (Å²) < 4.78 is 2.40. The Morgan fingerprint density at radius 1 is 1.25 bits per heavy atom. The fourth-order valence-corrected chi connectivity index (χ4v) is 0.809. The van der Waals surface area contributed by atoms with Crippen molar-refractivity contribution in [1.82, 2.24) is 29.5 Å². The first-order valence-corrected chi connectivity index (χ1v) is 4.02. The number of hydrogen-bond acceptors (Lipinski definition) is 8.